The van der Waals surface area contributed by atoms with Gasteiger partial charge in [0, 0.05) is 18.0 Å². The molecule has 0 bridgehead atoms. The van der Waals surface area contributed by atoms with E-state index >= 15 is 0 Å². The third-order valence-corrected chi connectivity index (χ3v) is 4.26. The number of carbonyl (C=O) groups is 1. The van der Waals surface area contributed by atoms with Crippen molar-refractivity contribution < 1.29 is 9.18 Å². The minimum atomic E-state index is -0.262. The van der Waals surface area contributed by atoms with Gasteiger partial charge in [0.05, 0.1) is 0 Å². The summed E-state index contributed by atoms with van der Waals surface area (Å²) in [5, 5.41) is 5.23. The van der Waals surface area contributed by atoms with Gasteiger partial charge in [0.2, 0.25) is 5.91 Å². The lowest BCUT2D eigenvalue weighted by Gasteiger charge is -2.27. The fourth-order valence-corrected chi connectivity index (χ4v) is 3.25. The van der Waals surface area contributed by atoms with Gasteiger partial charge in [-0.15, -0.1) is 0 Å². The predicted molar refractivity (Wildman–Crippen MR) is 85.4 cm³/mol. The van der Waals surface area contributed by atoms with E-state index < -0.39 is 0 Å². The first kappa shape index (κ1) is 13.0. The molecule has 1 atom stereocenters. The average molecular weight is 291 g/mol. The summed E-state index contributed by atoms with van der Waals surface area (Å²) in [6.07, 6.45) is 0.382. The molecule has 108 valence electrons. The van der Waals surface area contributed by atoms with Crippen molar-refractivity contribution in [3.8, 4) is 0 Å². The number of rotatable bonds is 1. The Morgan fingerprint density at radius 3 is 2.55 bits per heavy atom. The maximum absolute atomic E-state index is 13.2. The first-order chi connectivity index (χ1) is 10.7. The lowest BCUT2D eigenvalue weighted by Crippen LogP contribution is -2.23. The smallest absolute Gasteiger partial charge is 0.225 e. The van der Waals surface area contributed by atoms with Crippen LogP contribution in [0.4, 0.5) is 10.1 Å². The molecule has 1 aliphatic rings. The zero-order chi connectivity index (χ0) is 15.1. The Bertz CT molecular complexity index is 870. The zero-order valence-electron chi connectivity index (χ0n) is 11.8. The lowest BCUT2D eigenvalue weighted by atomic mass is 9.82. The molecule has 1 heterocycles. The van der Waals surface area contributed by atoms with Crippen LogP contribution in [-0.2, 0) is 4.79 Å². The number of amides is 1. The maximum atomic E-state index is 13.2. The summed E-state index contributed by atoms with van der Waals surface area (Å²) >= 11 is 0. The van der Waals surface area contributed by atoms with Gasteiger partial charge in [0.25, 0.3) is 0 Å². The molecule has 3 heteroatoms. The molecule has 0 radical (unpaired) electrons. The lowest BCUT2D eigenvalue weighted by molar-refractivity contribution is -0.116. The van der Waals surface area contributed by atoms with Crippen LogP contribution in [0.15, 0.2) is 60.7 Å². The summed E-state index contributed by atoms with van der Waals surface area (Å²) in [7, 11) is 0. The highest BCUT2D eigenvalue weighted by Crippen LogP contribution is 2.41. The summed E-state index contributed by atoms with van der Waals surface area (Å²) in [5.41, 5.74) is 2.93. The number of anilines is 1. The Morgan fingerprint density at radius 1 is 0.955 bits per heavy atom. The largest absolute Gasteiger partial charge is 0.326 e. The van der Waals surface area contributed by atoms with E-state index in [4.69, 9.17) is 0 Å². The molecule has 2 nitrogen and oxygen atoms in total. The molecule has 22 heavy (non-hydrogen) atoms. The number of fused-ring (bicyclic) bond motifs is 3. The molecule has 0 spiro atoms. The van der Waals surface area contributed by atoms with Crippen LogP contribution in [0.3, 0.4) is 0 Å². The van der Waals surface area contributed by atoms with Gasteiger partial charge in [0.1, 0.15) is 5.82 Å². The number of halogens is 1. The maximum Gasteiger partial charge on any atom is 0.225 e. The second-order valence-electron chi connectivity index (χ2n) is 5.60. The molecule has 3 aromatic rings. The standard InChI is InChI=1S/C19H14FNO/c20-14-8-5-13(6-9-14)16-11-18(22)21-17-10-7-12-3-1-2-4-15(12)19(16)17/h1-10,16H,11H2,(H,21,22)/t16-/m1/s1. The van der Waals surface area contributed by atoms with Crippen LogP contribution < -0.4 is 5.32 Å². The van der Waals surface area contributed by atoms with Crippen LogP contribution in [0, 0.1) is 5.82 Å². The molecular formula is C19H14FNO. The van der Waals surface area contributed by atoms with Gasteiger partial charge >= 0.3 is 0 Å². The molecule has 3 aromatic carbocycles. The topological polar surface area (TPSA) is 29.1 Å². The second kappa shape index (κ2) is 4.95. The minimum Gasteiger partial charge on any atom is -0.326 e. The van der Waals surface area contributed by atoms with Gasteiger partial charge in [0.15, 0.2) is 0 Å². The zero-order valence-corrected chi connectivity index (χ0v) is 11.8. The van der Waals surface area contributed by atoms with Crippen molar-refractivity contribution in [3.05, 3.63) is 77.6 Å². The number of carbonyl (C=O) groups excluding carboxylic acids is 1. The summed E-state index contributed by atoms with van der Waals surface area (Å²) < 4.78 is 13.2. The first-order valence-corrected chi connectivity index (χ1v) is 7.29. The van der Waals surface area contributed by atoms with Gasteiger partial charge in [-0.3, -0.25) is 4.79 Å². The third kappa shape index (κ3) is 2.06. The minimum absolute atomic E-state index is 0.00268. The monoisotopic (exact) mass is 291 g/mol. The van der Waals surface area contributed by atoms with E-state index in [9.17, 15) is 9.18 Å². The Morgan fingerprint density at radius 2 is 1.73 bits per heavy atom. The van der Waals surface area contributed by atoms with E-state index in [1.54, 1.807) is 12.1 Å². The highest BCUT2D eigenvalue weighted by atomic mass is 19.1. The number of nitrogens with one attached hydrogen (secondary N) is 1. The van der Waals surface area contributed by atoms with E-state index in [0.717, 1.165) is 27.6 Å². The van der Waals surface area contributed by atoms with E-state index in [1.165, 1.54) is 12.1 Å². The highest BCUT2D eigenvalue weighted by Gasteiger charge is 2.28. The summed E-state index contributed by atoms with van der Waals surface area (Å²) in [6, 6.07) is 18.5. The molecule has 0 aromatic heterocycles. The molecule has 0 saturated carbocycles. The van der Waals surface area contributed by atoms with Crippen LogP contribution in [0.2, 0.25) is 0 Å². The Balaban J connectivity index is 1.97. The summed E-state index contributed by atoms with van der Waals surface area (Å²) in [6.45, 7) is 0. The van der Waals surface area contributed by atoms with Crippen LogP contribution in [0.25, 0.3) is 10.8 Å². The van der Waals surface area contributed by atoms with Crippen molar-refractivity contribution in [2.75, 3.05) is 5.32 Å². The van der Waals surface area contributed by atoms with Gasteiger partial charge in [-0.1, -0.05) is 42.5 Å². The van der Waals surface area contributed by atoms with Crippen molar-refractivity contribution >= 4 is 22.4 Å². The van der Waals surface area contributed by atoms with Crippen LogP contribution in [0.1, 0.15) is 23.5 Å². The number of hydrogen-bond acceptors (Lipinski definition) is 1. The number of hydrogen-bond donors (Lipinski definition) is 1. The molecule has 0 unspecified atom stereocenters. The average Bonchev–Trinajstić information content (AvgIpc) is 2.54. The first-order valence-electron chi connectivity index (χ1n) is 7.29. The van der Waals surface area contributed by atoms with Gasteiger partial charge < -0.3 is 5.32 Å². The van der Waals surface area contributed by atoms with Crippen molar-refractivity contribution in [1.82, 2.24) is 0 Å². The molecule has 1 N–H and O–H groups in total. The summed E-state index contributed by atoms with van der Waals surface area (Å²) in [5.74, 6) is -0.310. The second-order valence-corrected chi connectivity index (χ2v) is 5.60. The molecular weight excluding hydrogens is 277 g/mol. The molecule has 1 amide bonds. The molecule has 1 aliphatic heterocycles. The summed E-state index contributed by atoms with van der Waals surface area (Å²) in [4.78, 5) is 12.0. The van der Waals surface area contributed by atoms with E-state index in [1.807, 2.05) is 24.3 Å². The highest BCUT2D eigenvalue weighted by molar-refractivity contribution is 6.01. The molecule has 4 rings (SSSR count). The molecule has 0 aliphatic carbocycles. The van der Waals surface area contributed by atoms with E-state index in [2.05, 4.69) is 17.4 Å². The number of benzene rings is 3. The fraction of sp³-hybridized carbons (Fsp3) is 0.105. The van der Waals surface area contributed by atoms with E-state index in [-0.39, 0.29) is 17.6 Å². The van der Waals surface area contributed by atoms with Crippen LogP contribution in [0.5, 0.6) is 0 Å². The van der Waals surface area contributed by atoms with Crippen molar-refractivity contribution in [2.24, 2.45) is 0 Å². The Kier molecular flexibility index (Phi) is 2.93. The van der Waals surface area contributed by atoms with Crippen LogP contribution in [-0.4, -0.2) is 5.91 Å². The van der Waals surface area contributed by atoms with Crippen molar-refractivity contribution in [1.29, 1.82) is 0 Å². The van der Waals surface area contributed by atoms with Crippen molar-refractivity contribution in [2.45, 2.75) is 12.3 Å². The normalized spacial score (nSPS) is 17.1. The molecule has 0 fully saturated rings. The van der Waals surface area contributed by atoms with Gasteiger partial charge in [-0.05, 0) is 40.1 Å². The predicted octanol–water partition coefficient (Wildman–Crippen LogP) is 4.45. The van der Waals surface area contributed by atoms with Crippen LogP contribution >= 0.6 is 0 Å². The van der Waals surface area contributed by atoms with Gasteiger partial charge in [-0.25, -0.2) is 4.39 Å². The SMILES string of the molecule is O=C1C[C@H](c2ccc(F)cc2)c2c(ccc3ccccc23)N1. The Labute approximate surface area is 127 Å². The van der Waals surface area contributed by atoms with E-state index in [0.29, 0.717) is 6.42 Å². The van der Waals surface area contributed by atoms with Gasteiger partial charge in [-0.2, -0.15) is 0 Å². The van der Waals surface area contributed by atoms with Crippen molar-refractivity contribution in [3.63, 3.8) is 0 Å². The Hall–Kier alpha value is -2.68. The quantitative estimate of drug-likeness (QED) is 0.705. The fourth-order valence-electron chi connectivity index (χ4n) is 3.25. The third-order valence-electron chi connectivity index (χ3n) is 4.26. The molecule has 0 saturated heterocycles.